The van der Waals surface area contributed by atoms with Crippen LogP contribution in [0.15, 0.2) is 59.7 Å². The number of fused-ring (bicyclic) bond motifs is 3. The van der Waals surface area contributed by atoms with Crippen LogP contribution in [-0.2, 0) is 11.3 Å². The fourth-order valence-electron chi connectivity index (χ4n) is 2.89. The summed E-state index contributed by atoms with van der Waals surface area (Å²) in [5.41, 5.74) is 1.78. The quantitative estimate of drug-likeness (QED) is 0.605. The summed E-state index contributed by atoms with van der Waals surface area (Å²) in [7, 11) is 1.56. The van der Waals surface area contributed by atoms with Crippen LogP contribution >= 0.6 is 0 Å². The minimum Gasteiger partial charge on any atom is -0.497 e. The molecule has 0 aliphatic heterocycles. The molecule has 0 unspecified atom stereocenters. The molecule has 0 atom stereocenters. The lowest BCUT2D eigenvalue weighted by Gasteiger charge is -2.12. The summed E-state index contributed by atoms with van der Waals surface area (Å²) in [6.45, 7) is -0.139. The maximum absolute atomic E-state index is 12.7. The standard InChI is InChI=1S/C18H15N5O3/c1-26-13-6-4-5-12(9-13)20-16(24)10-22-14-7-2-3-8-15(14)23-11-19-21-17(23)18(22)25/h2-9,11H,10H2,1H3,(H,20,24). The van der Waals surface area contributed by atoms with Crippen LogP contribution in [0.1, 0.15) is 0 Å². The highest BCUT2D eigenvalue weighted by Gasteiger charge is 2.14. The van der Waals surface area contributed by atoms with Crippen LogP contribution in [-0.4, -0.2) is 32.2 Å². The third kappa shape index (κ3) is 2.67. The number of hydrogen-bond donors (Lipinski definition) is 1. The van der Waals surface area contributed by atoms with Crippen molar-refractivity contribution in [3.05, 3.63) is 65.2 Å². The van der Waals surface area contributed by atoms with Gasteiger partial charge < -0.3 is 10.1 Å². The molecule has 0 aliphatic carbocycles. The van der Waals surface area contributed by atoms with Crippen LogP contribution in [0.3, 0.4) is 0 Å². The van der Waals surface area contributed by atoms with Gasteiger partial charge in [0.2, 0.25) is 11.6 Å². The van der Waals surface area contributed by atoms with Crippen molar-refractivity contribution in [2.45, 2.75) is 6.54 Å². The van der Waals surface area contributed by atoms with Crippen molar-refractivity contribution >= 4 is 28.3 Å². The normalized spacial score (nSPS) is 11.0. The van der Waals surface area contributed by atoms with Gasteiger partial charge in [0.25, 0.3) is 5.56 Å². The predicted molar refractivity (Wildman–Crippen MR) is 96.4 cm³/mol. The number of nitrogens with one attached hydrogen (secondary N) is 1. The third-order valence-electron chi connectivity index (χ3n) is 4.07. The monoisotopic (exact) mass is 349 g/mol. The van der Waals surface area contributed by atoms with Gasteiger partial charge in [0, 0.05) is 11.8 Å². The molecule has 0 spiro atoms. The maximum Gasteiger partial charge on any atom is 0.297 e. The van der Waals surface area contributed by atoms with Gasteiger partial charge in [-0.15, -0.1) is 10.2 Å². The van der Waals surface area contributed by atoms with Crippen molar-refractivity contribution in [3.63, 3.8) is 0 Å². The van der Waals surface area contributed by atoms with E-state index in [0.717, 1.165) is 5.52 Å². The number of carbonyl (C=O) groups is 1. The number of para-hydroxylation sites is 2. The molecule has 4 rings (SSSR count). The van der Waals surface area contributed by atoms with Crippen molar-refractivity contribution in [2.75, 3.05) is 12.4 Å². The van der Waals surface area contributed by atoms with Crippen LogP contribution in [0, 0.1) is 0 Å². The summed E-state index contributed by atoms with van der Waals surface area (Å²) in [6.07, 6.45) is 1.49. The Morgan fingerprint density at radius 3 is 2.77 bits per heavy atom. The van der Waals surface area contributed by atoms with Crippen LogP contribution in [0.25, 0.3) is 16.7 Å². The zero-order valence-corrected chi connectivity index (χ0v) is 13.9. The lowest BCUT2D eigenvalue weighted by molar-refractivity contribution is -0.116. The number of nitrogens with zero attached hydrogens (tertiary/aromatic N) is 4. The Labute approximate surface area is 147 Å². The number of carbonyl (C=O) groups excluding carboxylic acids is 1. The van der Waals surface area contributed by atoms with Crippen LogP contribution in [0.4, 0.5) is 5.69 Å². The Bertz CT molecular complexity index is 1180. The number of amides is 1. The average molecular weight is 349 g/mol. The average Bonchev–Trinajstić information content (AvgIpc) is 3.15. The van der Waals surface area contributed by atoms with Gasteiger partial charge in [-0.2, -0.15) is 0 Å². The molecule has 2 aromatic heterocycles. The van der Waals surface area contributed by atoms with E-state index in [0.29, 0.717) is 17.0 Å². The van der Waals surface area contributed by atoms with E-state index in [2.05, 4.69) is 15.5 Å². The largest absolute Gasteiger partial charge is 0.497 e. The summed E-state index contributed by atoms with van der Waals surface area (Å²) in [5.74, 6) is 0.310. The van der Waals surface area contributed by atoms with Gasteiger partial charge in [-0.1, -0.05) is 18.2 Å². The molecule has 8 nitrogen and oxygen atoms in total. The number of ether oxygens (including phenoxy) is 1. The minimum atomic E-state index is -0.373. The number of aromatic nitrogens is 4. The van der Waals surface area contributed by atoms with Crippen molar-refractivity contribution in [3.8, 4) is 5.75 Å². The Morgan fingerprint density at radius 1 is 1.15 bits per heavy atom. The second-order valence-electron chi connectivity index (χ2n) is 5.68. The molecule has 0 aliphatic rings. The van der Waals surface area contributed by atoms with Gasteiger partial charge in [0.1, 0.15) is 18.6 Å². The molecule has 130 valence electrons. The second kappa shape index (κ2) is 6.32. The molecule has 0 saturated carbocycles. The topological polar surface area (TPSA) is 90.5 Å². The fraction of sp³-hybridized carbons (Fsp3) is 0.111. The Hall–Kier alpha value is -3.68. The molecule has 0 radical (unpaired) electrons. The zero-order chi connectivity index (χ0) is 18.1. The molecule has 0 fully saturated rings. The molecule has 1 N–H and O–H groups in total. The molecule has 2 aromatic carbocycles. The maximum atomic E-state index is 12.7. The summed E-state index contributed by atoms with van der Waals surface area (Å²) in [6, 6.07) is 14.3. The zero-order valence-electron chi connectivity index (χ0n) is 13.9. The fourth-order valence-corrected chi connectivity index (χ4v) is 2.89. The number of anilines is 1. The highest BCUT2D eigenvalue weighted by molar-refractivity contribution is 5.92. The Kier molecular flexibility index (Phi) is 3.85. The van der Waals surface area contributed by atoms with E-state index in [9.17, 15) is 9.59 Å². The first kappa shape index (κ1) is 15.8. The van der Waals surface area contributed by atoms with E-state index < -0.39 is 0 Å². The van der Waals surface area contributed by atoms with Crippen molar-refractivity contribution in [1.29, 1.82) is 0 Å². The number of benzene rings is 2. The van der Waals surface area contributed by atoms with Crippen molar-refractivity contribution in [1.82, 2.24) is 19.2 Å². The van der Waals surface area contributed by atoms with Crippen LogP contribution in [0.5, 0.6) is 5.75 Å². The lowest BCUT2D eigenvalue weighted by Crippen LogP contribution is -2.29. The van der Waals surface area contributed by atoms with Crippen molar-refractivity contribution in [2.24, 2.45) is 0 Å². The van der Waals surface area contributed by atoms with E-state index in [1.807, 2.05) is 18.2 Å². The third-order valence-corrected chi connectivity index (χ3v) is 4.07. The first-order valence-electron chi connectivity index (χ1n) is 7.92. The second-order valence-corrected chi connectivity index (χ2v) is 5.68. The number of rotatable bonds is 4. The highest BCUT2D eigenvalue weighted by atomic mass is 16.5. The van der Waals surface area contributed by atoms with E-state index in [4.69, 9.17) is 4.74 Å². The van der Waals surface area contributed by atoms with Gasteiger partial charge >= 0.3 is 0 Å². The van der Waals surface area contributed by atoms with Gasteiger partial charge in [-0.05, 0) is 24.3 Å². The van der Waals surface area contributed by atoms with E-state index in [1.165, 1.54) is 10.9 Å². The Balaban J connectivity index is 1.73. The molecule has 2 heterocycles. The van der Waals surface area contributed by atoms with Gasteiger partial charge in [-0.25, -0.2) is 0 Å². The first-order chi connectivity index (χ1) is 12.7. The summed E-state index contributed by atoms with van der Waals surface area (Å²) in [4.78, 5) is 25.2. The molecule has 4 aromatic rings. The molecule has 0 bridgehead atoms. The summed E-state index contributed by atoms with van der Waals surface area (Å²) < 4.78 is 8.16. The summed E-state index contributed by atoms with van der Waals surface area (Å²) >= 11 is 0. The smallest absolute Gasteiger partial charge is 0.297 e. The SMILES string of the molecule is COc1cccc(NC(=O)Cn2c(=O)c3nncn3c3ccccc32)c1. The number of hydrogen-bond acceptors (Lipinski definition) is 5. The molecular weight excluding hydrogens is 334 g/mol. The highest BCUT2D eigenvalue weighted by Crippen LogP contribution is 2.17. The first-order valence-corrected chi connectivity index (χ1v) is 7.92. The van der Waals surface area contributed by atoms with E-state index in [1.54, 1.807) is 41.8 Å². The van der Waals surface area contributed by atoms with Crippen LogP contribution in [0.2, 0.25) is 0 Å². The van der Waals surface area contributed by atoms with Gasteiger partial charge in [0.05, 0.1) is 18.1 Å². The van der Waals surface area contributed by atoms with Gasteiger partial charge in [-0.3, -0.25) is 18.6 Å². The van der Waals surface area contributed by atoms with Crippen LogP contribution < -0.4 is 15.6 Å². The molecule has 26 heavy (non-hydrogen) atoms. The number of methoxy groups -OCH3 is 1. The molecular formula is C18H15N5O3. The lowest BCUT2D eigenvalue weighted by atomic mass is 10.2. The molecule has 1 amide bonds. The van der Waals surface area contributed by atoms with E-state index in [-0.39, 0.29) is 23.7 Å². The van der Waals surface area contributed by atoms with Crippen molar-refractivity contribution < 1.29 is 9.53 Å². The van der Waals surface area contributed by atoms with Gasteiger partial charge in [0.15, 0.2) is 0 Å². The molecule has 0 saturated heterocycles. The van der Waals surface area contributed by atoms with E-state index >= 15 is 0 Å². The predicted octanol–water partition coefficient (Wildman–Crippen LogP) is 1.69. The molecule has 8 heteroatoms. The summed E-state index contributed by atoms with van der Waals surface area (Å²) in [5, 5.41) is 10.5. The Morgan fingerprint density at radius 2 is 1.96 bits per heavy atom. The minimum absolute atomic E-state index is 0.139.